The molecule has 1 rings (SSSR count). The molecular weight excluding hydrogens is 326 g/mol. The zero-order chi connectivity index (χ0) is 19.0. The lowest BCUT2D eigenvalue weighted by molar-refractivity contribution is -0.155. The SMILES string of the molecule is CC(C)OC(=O)/C=C/C(=O)OCC(C)(C)[C@@H](O)C(=O)N1CCCCC1. The first-order valence-electron chi connectivity index (χ1n) is 8.66. The summed E-state index contributed by atoms with van der Waals surface area (Å²) in [6.45, 7) is 7.86. The predicted molar refractivity (Wildman–Crippen MR) is 91.5 cm³/mol. The van der Waals surface area contributed by atoms with Crippen molar-refractivity contribution in [2.45, 2.75) is 59.2 Å². The Morgan fingerprint density at radius 1 is 1.08 bits per heavy atom. The van der Waals surface area contributed by atoms with Crippen LogP contribution in [-0.4, -0.2) is 59.8 Å². The summed E-state index contributed by atoms with van der Waals surface area (Å²) < 4.78 is 9.92. The van der Waals surface area contributed by atoms with Crippen molar-refractivity contribution in [3.05, 3.63) is 12.2 Å². The Hall–Kier alpha value is -1.89. The molecule has 1 N–H and O–H groups in total. The van der Waals surface area contributed by atoms with Gasteiger partial charge in [-0.3, -0.25) is 4.79 Å². The van der Waals surface area contributed by atoms with Crippen LogP contribution in [0.2, 0.25) is 0 Å². The summed E-state index contributed by atoms with van der Waals surface area (Å²) in [5.74, 6) is -1.70. The number of rotatable bonds is 7. The van der Waals surface area contributed by atoms with Gasteiger partial charge in [0.2, 0.25) is 0 Å². The molecule has 1 fully saturated rings. The Kier molecular flexibility index (Phi) is 8.09. The topological polar surface area (TPSA) is 93.1 Å². The van der Waals surface area contributed by atoms with Crippen molar-refractivity contribution in [1.29, 1.82) is 0 Å². The van der Waals surface area contributed by atoms with E-state index < -0.39 is 23.5 Å². The van der Waals surface area contributed by atoms with E-state index >= 15 is 0 Å². The number of hydrogen-bond donors (Lipinski definition) is 1. The van der Waals surface area contributed by atoms with Crippen LogP contribution in [0.1, 0.15) is 47.0 Å². The normalized spacial score (nSPS) is 16.8. The van der Waals surface area contributed by atoms with Crippen molar-refractivity contribution in [2.75, 3.05) is 19.7 Å². The number of aliphatic hydroxyl groups is 1. The van der Waals surface area contributed by atoms with Crippen molar-refractivity contribution in [3.8, 4) is 0 Å². The third kappa shape index (κ3) is 7.25. The number of carbonyl (C=O) groups is 3. The zero-order valence-electron chi connectivity index (χ0n) is 15.5. The summed E-state index contributed by atoms with van der Waals surface area (Å²) in [5, 5.41) is 10.4. The molecule has 0 saturated carbocycles. The molecule has 0 aromatic rings. The molecule has 1 heterocycles. The molecule has 7 nitrogen and oxygen atoms in total. The molecule has 0 aliphatic carbocycles. The minimum atomic E-state index is -1.26. The predicted octanol–water partition coefficient (Wildman–Crippen LogP) is 1.44. The van der Waals surface area contributed by atoms with Gasteiger partial charge in [-0.15, -0.1) is 0 Å². The Morgan fingerprint density at radius 3 is 2.20 bits per heavy atom. The molecule has 1 aliphatic heterocycles. The maximum Gasteiger partial charge on any atom is 0.331 e. The molecule has 25 heavy (non-hydrogen) atoms. The molecule has 1 atom stereocenters. The quantitative estimate of drug-likeness (QED) is 0.549. The number of esters is 2. The highest BCUT2D eigenvalue weighted by molar-refractivity contribution is 5.91. The lowest BCUT2D eigenvalue weighted by atomic mass is 9.86. The minimum Gasteiger partial charge on any atom is -0.462 e. The van der Waals surface area contributed by atoms with E-state index in [2.05, 4.69) is 0 Å². The number of aliphatic hydroxyl groups excluding tert-OH is 1. The van der Waals surface area contributed by atoms with Gasteiger partial charge in [0, 0.05) is 30.7 Å². The van der Waals surface area contributed by atoms with Gasteiger partial charge in [-0.05, 0) is 33.1 Å². The average Bonchev–Trinajstić information content (AvgIpc) is 2.57. The number of ether oxygens (including phenoxy) is 2. The molecule has 0 radical (unpaired) electrons. The fraction of sp³-hybridized carbons (Fsp3) is 0.722. The minimum absolute atomic E-state index is 0.143. The van der Waals surface area contributed by atoms with E-state index in [1.54, 1.807) is 32.6 Å². The summed E-state index contributed by atoms with van der Waals surface area (Å²) in [7, 11) is 0. The van der Waals surface area contributed by atoms with Gasteiger partial charge in [0.25, 0.3) is 5.91 Å². The summed E-state index contributed by atoms with van der Waals surface area (Å²) in [5.41, 5.74) is -0.934. The third-order valence-electron chi connectivity index (χ3n) is 3.94. The van der Waals surface area contributed by atoms with Crippen molar-refractivity contribution in [1.82, 2.24) is 4.90 Å². The molecule has 0 unspecified atom stereocenters. The van der Waals surface area contributed by atoms with Crippen LogP contribution in [0.5, 0.6) is 0 Å². The van der Waals surface area contributed by atoms with E-state index in [4.69, 9.17) is 9.47 Å². The van der Waals surface area contributed by atoms with Crippen molar-refractivity contribution in [3.63, 3.8) is 0 Å². The first kappa shape index (κ1) is 21.2. The highest BCUT2D eigenvalue weighted by atomic mass is 16.5. The van der Waals surface area contributed by atoms with Crippen molar-refractivity contribution in [2.24, 2.45) is 5.41 Å². The standard InChI is InChI=1S/C18H29NO6/c1-13(2)25-15(21)9-8-14(20)24-12-18(3,4)16(22)17(23)19-10-6-5-7-11-19/h8-9,13,16,22H,5-7,10-12H2,1-4H3/b9-8+/t16-/m0/s1. The summed E-state index contributed by atoms with van der Waals surface area (Å²) in [4.78, 5) is 37.0. The molecule has 0 aromatic carbocycles. The van der Waals surface area contributed by atoms with Crippen molar-refractivity contribution >= 4 is 17.8 Å². The largest absolute Gasteiger partial charge is 0.462 e. The van der Waals surface area contributed by atoms with Crippen LogP contribution in [0.3, 0.4) is 0 Å². The van der Waals surface area contributed by atoms with Crippen LogP contribution >= 0.6 is 0 Å². The van der Waals surface area contributed by atoms with Gasteiger partial charge < -0.3 is 19.5 Å². The monoisotopic (exact) mass is 355 g/mol. The van der Waals surface area contributed by atoms with Crippen molar-refractivity contribution < 1.29 is 29.0 Å². The second kappa shape index (κ2) is 9.56. The lowest BCUT2D eigenvalue weighted by Gasteiger charge is -2.34. The van der Waals surface area contributed by atoms with E-state index in [-0.39, 0.29) is 18.6 Å². The van der Waals surface area contributed by atoms with Crippen LogP contribution in [0.25, 0.3) is 0 Å². The summed E-state index contributed by atoms with van der Waals surface area (Å²) >= 11 is 0. The third-order valence-corrected chi connectivity index (χ3v) is 3.94. The van der Waals surface area contributed by atoms with Crippen LogP contribution in [0, 0.1) is 5.41 Å². The Balaban J connectivity index is 2.50. The van der Waals surface area contributed by atoms with E-state index in [1.807, 2.05) is 0 Å². The number of amides is 1. The van der Waals surface area contributed by atoms with Gasteiger partial charge in [-0.2, -0.15) is 0 Å². The Morgan fingerprint density at radius 2 is 1.64 bits per heavy atom. The van der Waals surface area contributed by atoms with Crippen LogP contribution in [0.4, 0.5) is 0 Å². The van der Waals surface area contributed by atoms with Gasteiger partial charge in [0.1, 0.15) is 6.10 Å². The summed E-state index contributed by atoms with van der Waals surface area (Å²) in [6, 6.07) is 0. The van der Waals surface area contributed by atoms with Gasteiger partial charge in [0.15, 0.2) is 0 Å². The average molecular weight is 355 g/mol. The van der Waals surface area contributed by atoms with E-state index in [9.17, 15) is 19.5 Å². The van der Waals surface area contributed by atoms with E-state index in [0.29, 0.717) is 13.1 Å². The molecule has 1 aliphatic rings. The van der Waals surface area contributed by atoms with E-state index in [1.165, 1.54) is 0 Å². The second-order valence-electron chi connectivity index (χ2n) is 7.20. The highest BCUT2D eigenvalue weighted by Gasteiger charge is 2.37. The van der Waals surface area contributed by atoms with Gasteiger partial charge >= 0.3 is 11.9 Å². The maximum atomic E-state index is 12.4. The maximum absolute atomic E-state index is 12.4. The van der Waals surface area contributed by atoms with Gasteiger partial charge in [-0.1, -0.05) is 13.8 Å². The number of nitrogens with zero attached hydrogens (tertiary/aromatic N) is 1. The fourth-order valence-corrected chi connectivity index (χ4v) is 2.41. The van der Waals surface area contributed by atoms with Crippen LogP contribution in [-0.2, 0) is 23.9 Å². The molecule has 0 aromatic heterocycles. The highest BCUT2D eigenvalue weighted by Crippen LogP contribution is 2.24. The number of piperidine rings is 1. The smallest absolute Gasteiger partial charge is 0.331 e. The molecule has 7 heteroatoms. The Labute approximate surface area is 149 Å². The number of likely N-dealkylation sites (tertiary alicyclic amines) is 1. The number of hydrogen-bond acceptors (Lipinski definition) is 6. The fourth-order valence-electron chi connectivity index (χ4n) is 2.41. The molecule has 0 bridgehead atoms. The van der Waals surface area contributed by atoms with Crippen LogP contribution < -0.4 is 0 Å². The van der Waals surface area contributed by atoms with Crippen LogP contribution in [0.15, 0.2) is 12.2 Å². The van der Waals surface area contributed by atoms with Gasteiger partial charge in [-0.25, -0.2) is 9.59 Å². The summed E-state index contributed by atoms with van der Waals surface area (Å²) in [6.07, 6.45) is 3.39. The number of carbonyl (C=O) groups excluding carboxylic acids is 3. The molecule has 1 saturated heterocycles. The first-order chi connectivity index (χ1) is 11.6. The molecule has 0 spiro atoms. The zero-order valence-corrected chi connectivity index (χ0v) is 15.5. The Bertz CT molecular complexity index is 506. The molecular formula is C18H29NO6. The van der Waals surface area contributed by atoms with E-state index in [0.717, 1.165) is 31.4 Å². The molecule has 1 amide bonds. The van der Waals surface area contributed by atoms with Gasteiger partial charge in [0.05, 0.1) is 12.7 Å². The molecule has 142 valence electrons. The second-order valence-corrected chi connectivity index (χ2v) is 7.20. The first-order valence-corrected chi connectivity index (χ1v) is 8.66. The lowest BCUT2D eigenvalue weighted by Crippen LogP contribution is -2.49.